The van der Waals surface area contributed by atoms with Crippen LogP contribution in [0.1, 0.15) is 36.8 Å². The summed E-state index contributed by atoms with van der Waals surface area (Å²) in [6, 6.07) is 20.5. The average molecular weight is 431 g/mol. The third kappa shape index (κ3) is 3.84. The van der Waals surface area contributed by atoms with Crippen LogP contribution in [0.25, 0.3) is 11.1 Å². The van der Waals surface area contributed by atoms with Crippen molar-refractivity contribution in [2.45, 2.75) is 35.5 Å². The van der Waals surface area contributed by atoms with E-state index in [1.165, 1.54) is 22.9 Å². The number of rotatable bonds is 3. The molecule has 0 bridgehead atoms. The second kappa shape index (κ2) is 8.40. The number of carbonyl (C=O) groups is 1. The van der Waals surface area contributed by atoms with E-state index in [1.807, 2.05) is 30.3 Å². The second-order valence-corrected chi connectivity index (χ2v) is 9.39. The van der Waals surface area contributed by atoms with Gasteiger partial charge in [-0.15, -0.1) is 0 Å². The van der Waals surface area contributed by atoms with E-state index in [4.69, 9.17) is 0 Å². The van der Waals surface area contributed by atoms with Crippen LogP contribution >= 0.6 is 11.8 Å². The van der Waals surface area contributed by atoms with Crippen LogP contribution in [0.15, 0.2) is 70.5 Å². The molecule has 1 saturated heterocycles. The standard InChI is InChI=1S/C26H26N2O2S/c1-16(29)28-22-7-3-2-5-19(22)18-9-10-20-24(15-18)31-26-21(6-4-8-23(26)30)25(20)17-11-13-27-14-12-17/h2-10,15,17,25,27,30H,11-14H2,1H3,(H,28,29). The van der Waals surface area contributed by atoms with E-state index < -0.39 is 0 Å². The van der Waals surface area contributed by atoms with Gasteiger partial charge in [0.1, 0.15) is 5.75 Å². The highest BCUT2D eigenvalue weighted by atomic mass is 32.2. The smallest absolute Gasteiger partial charge is 0.221 e. The van der Waals surface area contributed by atoms with Crippen LogP contribution in [0.5, 0.6) is 5.75 Å². The first kappa shape index (κ1) is 20.2. The molecular formula is C26H26N2O2S. The van der Waals surface area contributed by atoms with Crippen molar-refractivity contribution in [3.05, 3.63) is 71.8 Å². The summed E-state index contributed by atoms with van der Waals surface area (Å²) in [6.07, 6.45) is 2.27. The predicted octanol–water partition coefficient (Wildman–Crippen LogP) is 5.61. The number of phenolic OH excluding ortho intramolecular Hbond substituents is 1. The van der Waals surface area contributed by atoms with Gasteiger partial charge in [-0.1, -0.05) is 54.2 Å². The third-order valence-electron chi connectivity index (χ3n) is 6.32. The fourth-order valence-corrected chi connectivity index (χ4v) is 6.15. The van der Waals surface area contributed by atoms with Gasteiger partial charge in [0.25, 0.3) is 0 Å². The van der Waals surface area contributed by atoms with Crippen LogP contribution in [0.4, 0.5) is 5.69 Å². The molecule has 1 unspecified atom stereocenters. The fourth-order valence-electron chi connectivity index (χ4n) is 4.94. The molecule has 3 N–H and O–H groups in total. The van der Waals surface area contributed by atoms with Gasteiger partial charge in [-0.3, -0.25) is 4.79 Å². The number of aromatic hydroxyl groups is 1. The molecule has 0 aliphatic carbocycles. The number of carbonyl (C=O) groups excluding carboxylic acids is 1. The number of benzene rings is 3. The number of fused-ring (bicyclic) bond motifs is 2. The quantitative estimate of drug-likeness (QED) is 0.505. The van der Waals surface area contributed by atoms with Crippen LogP contribution in [-0.2, 0) is 4.79 Å². The summed E-state index contributed by atoms with van der Waals surface area (Å²) in [5, 5.41) is 17.1. The molecule has 2 aliphatic rings. The summed E-state index contributed by atoms with van der Waals surface area (Å²) in [7, 11) is 0. The molecule has 1 fully saturated rings. The van der Waals surface area contributed by atoms with Gasteiger partial charge in [-0.2, -0.15) is 0 Å². The molecule has 31 heavy (non-hydrogen) atoms. The lowest BCUT2D eigenvalue weighted by Crippen LogP contribution is -2.32. The van der Waals surface area contributed by atoms with Crippen LogP contribution in [0, 0.1) is 5.92 Å². The zero-order valence-electron chi connectivity index (χ0n) is 17.5. The zero-order chi connectivity index (χ0) is 21.4. The Morgan fingerprint density at radius 2 is 1.84 bits per heavy atom. The molecule has 2 aliphatic heterocycles. The highest BCUT2D eigenvalue weighted by Crippen LogP contribution is 2.53. The maximum atomic E-state index is 11.7. The normalized spacial score (nSPS) is 18.2. The minimum Gasteiger partial charge on any atom is -0.507 e. The minimum atomic E-state index is -0.0791. The second-order valence-electron chi connectivity index (χ2n) is 8.34. The summed E-state index contributed by atoms with van der Waals surface area (Å²) in [6.45, 7) is 3.61. The summed E-state index contributed by atoms with van der Waals surface area (Å²) in [5.74, 6) is 1.12. The van der Waals surface area contributed by atoms with Crippen molar-refractivity contribution >= 4 is 23.4 Å². The maximum Gasteiger partial charge on any atom is 0.221 e. The molecule has 0 aromatic heterocycles. The number of anilines is 1. The topological polar surface area (TPSA) is 61.4 Å². The molecule has 158 valence electrons. The lowest BCUT2D eigenvalue weighted by atomic mass is 9.75. The van der Waals surface area contributed by atoms with Crippen molar-refractivity contribution < 1.29 is 9.90 Å². The van der Waals surface area contributed by atoms with Crippen molar-refractivity contribution in [2.24, 2.45) is 5.92 Å². The van der Waals surface area contributed by atoms with Crippen molar-refractivity contribution in [2.75, 3.05) is 18.4 Å². The fraction of sp³-hybridized carbons (Fsp3) is 0.269. The summed E-state index contributed by atoms with van der Waals surface area (Å²) < 4.78 is 0. The highest BCUT2D eigenvalue weighted by molar-refractivity contribution is 7.99. The number of phenols is 1. The molecule has 5 rings (SSSR count). The van der Waals surface area contributed by atoms with E-state index in [0.717, 1.165) is 47.6 Å². The molecule has 1 amide bonds. The Morgan fingerprint density at radius 3 is 2.65 bits per heavy atom. The lowest BCUT2D eigenvalue weighted by Gasteiger charge is -2.36. The van der Waals surface area contributed by atoms with Crippen LogP contribution in [0.2, 0.25) is 0 Å². The van der Waals surface area contributed by atoms with Crippen molar-refractivity contribution in [3.63, 3.8) is 0 Å². The Morgan fingerprint density at radius 1 is 1.03 bits per heavy atom. The summed E-state index contributed by atoms with van der Waals surface area (Å²) >= 11 is 1.65. The number of para-hydroxylation sites is 1. The van der Waals surface area contributed by atoms with Crippen molar-refractivity contribution in [3.8, 4) is 16.9 Å². The van der Waals surface area contributed by atoms with Crippen LogP contribution in [0.3, 0.4) is 0 Å². The van der Waals surface area contributed by atoms with E-state index in [2.05, 4.69) is 34.9 Å². The average Bonchev–Trinajstić information content (AvgIpc) is 2.78. The lowest BCUT2D eigenvalue weighted by molar-refractivity contribution is -0.114. The number of hydrogen-bond donors (Lipinski definition) is 3. The van der Waals surface area contributed by atoms with E-state index in [9.17, 15) is 9.90 Å². The Kier molecular flexibility index (Phi) is 5.47. The SMILES string of the molecule is CC(=O)Nc1ccccc1-c1ccc2c(c1)Sc1c(O)cccc1C2C1CCNCC1. The molecule has 3 aromatic rings. The summed E-state index contributed by atoms with van der Waals surface area (Å²) in [5.41, 5.74) is 5.47. The van der Waals surface area contributed by atoms with Crippen molar-refractivity contribution in [1.82, 2.24) is 5.32 Å². The third-order valence-corrected chi connectivity index (χ3v) is 7.55. The van der Waals surface area contributed by atoms with E-state index in [0.29, 0.717) is 17.6 Å². The van der Waals surface area contributed by atoms with Gasteiger partial charge in [0, 0.05) is 29.0 Å². The molecule has 4 nitrogen and oxygen atoms in total. The Labute approximate surface area is 187 Å². The van der Waals surface area contributed by atoms with Gasteiger partial charge in [0.2, 0.25) is 5.91 Å². The molecule has 5 heteroatoms. The van der Waals surface area contributed by atoms with Gasteiger partial charge in [-0.05, 0) is 66.7 Å². The van der Waals surface area contributed by atoms with Gasteiger partial charge in [0.05, 0.1) is 4.90 Å². The van der Waals surface area contributed by atoms with Crippen molar-refractivity contribution in [1.29, 1.82) is 0 Å². The number of amides is 1. The van der Waals surface area contributed by atoms with E-state index in [-0.39, 0.29) is 5.91 Å². The van der Waals surface area contributed by atoms with Gasteiger partial charge >= 0.3 is 0 Å². The van der Waals surface area contributed by atoms with E-state index >= 15 is 0 Å². The predicted molar refractivity (Wildman–Crippen MR) is 126 cm³/mol. The highest BCUT2D eigenvalue weighted by Gasteiger charge is 2.34. The van der Waals surface area contributed by atoms with Gasteiger partial charge in [-0.25, -0.2) is 0 Å². The monoisotopic (exact) mass is 430 g/mol. The molecule has 1 atom stereocenters. The largest absolute Gasteiger partial charge is 0.507 e. The number of nitrogens with one attached hydrogen (secondary N) is 2. The van der Waals surface area contributed by atoms with Crippen LogP contribution in [-0.4, -0.2) is 24.1 Å². The summed E-state index contributed by atoms with van der Waals surface area (Å²) in [4.78, 5) is 13.8. The molecule has 2 heterocycles. The zero-order valence-corrected chi connectivity index (χ0v) is 18.3. The van der Waals surface area contributed by atoms with E-state index in [1.54, 1.807) is 17.8 Å². The first-order chi connectivity index (χ1) is 15.1. The van der Waals surface area contributed by atoms with Crippen LogP contribution < -0.4 is 10.6 Å². The first-order valence-corrected chi connectivity index (χ1v) is 11.6. The Bertz CT molecular complexity index is 1140. The molecular weight excluding hydrogens is 404 g/mol. The maximum absolute atomic E-state index is 11.7. The first-order valence-electron chi connectivity index (χ1n) is 10.8. The molecule has 0 saturated carbocycles. The minimum absolute atomic E-state index is 0.0791. The van der Waals surface area contributed by atoms with Gasteiger partial charge in [0.15, 0.2) is 0 Å². The molecule has 0 spiro atoms. The Hall–Kier alpha value is -2.76. The molecule has 0 radical (unpaired) electrons. The number of hydrogen-bond acceptors (Lipinski definition) is 4. The number of piperidine rings is 1. The molecule has 3 aromatic carbocycles. The Balaban J connectivity index is 1.61. The van der Waals surface area contributed by atoms with Gasteiger partial charge < -0.3 is 15.7 Å².